The number of nitrogens with zero attached hydrogens (tertiary/aromatic N) is 2. The van der Waals surface area contributed by atoms with Gasteiger partial charge in [-0.3, -0.25) is 9.78 Å². The molecule has 0 unspecified atom stereocenters. The third kappa shape index (κ3) is 3.78. The van der Waals surface area contributed by atoms with Crippen LogP contribution in [0.1, 0.15) is 27.3 Å². The molecule has 4 rings (SSSR count). The molecule has 1 amide bonds. The van der Waals surface area contributed by atoms with E-state index >= 15 is 0 Å². The molecule has 0 aliphatic carbocycles. The number of thiophene rings is 1. The normalized spacial score (nSPS) is 11.0. The number of aromatic nitrogens is 2. The topological polar surface area (TPSA) is 46.9 Å². The molecule has 0 saturated heterocycles. The van der Waals surface area contributed by atoms with Crippen molar-refractivity contribution in [3.63, 3.8) is 0 Å². The van der Waals surface area contributed by atoms with E-state index in [4.69, 9.17) is 0 Å². The van der Waals surface area contributed by atoms with Gasteiger partial charge in [-0.1, -0.05) is 30.3 Å². The molecule has 4 aromatic rings. The number of amides is 1. The molecular formula is C22H21N3OS. The summed E-state index contributed by atoms with van der Waals surface area (Å²) in [5, 5.41) is 6.23. The Balaban J connectivity index is 1.55. The van der Waals surface area contributed by atoms with Gasteiger partial charge in [0, 0.05) is 36.8 Å². The van der Waals surface area contributed by atoms with Crippen LogP contribution in [0.25, 0.3) is 10.2 Å². The SMILES string of the molecule is Cc1ccccc1Cn1c(C(=O)NCCc2ccccn2)cc2ccsc21. The van der Waals surface area contributed by atoms with Crippen LogP contribution in [0.3, 0.4) is 0 Å². The van der Waals surface area contributed by atoms with Crippen LogP contribution in [0.5, 0.6) is 0 Å². The molecule has 5 heteroatoms. The lowest BCUT2D eigenvalue weighted by Gasteiger charge is -2.12. The molecule has 0 aliphatic rings. The van der Waals surface area contributed by atoms with Crippen LogP contribution in [0.2, 0.25) is 0 Å². The lowest BCUT2D eigenvalue weighted by molar-refractivity contribution is 0.0945. The fourth-order valence-corrected chi connectivity index (χ4v) is 4.12. The predicted octanol–water partition coefficient (Wildman–Crippen LogP) is 4.43. The van der Waals surface area contributed by atoms with Crippen LogP contribution >= 0.6 is 11.3 Å². The van der Waals surface area contributed by atoms with Gasteiger partial charge in [0.2, 0.25) is 0 Å². The van der Waals surface area contributed by atoms with E-state index < -0.39 is 0 Å². The van der Waals surface area contributed by atoms with Crippen molar-refractivity contribution in [3.8, 4) is 0 Å². The number of carbonyl (C=O) groups excluding carboxylic acids is 1. The van der Waals surface area contributed by atoms with Crippen LogP contribution in [-0.4, -0.2) is 22.0 Å². The first-order valence-electron chi connectivity index (χ1n) is 9.02. The van der Waals surface area contributed by atoms with Crippen molar-refractivity contribution in [1.82, 2.24) is 14.9 Å². The highest BCUT2D eigenvalue weighted by atomic mass is 32.1. The van der Waals surface area contributed by atoms with Crippen LogP contribution in [-0.2, 0) is 13.0 Å². The minimum atomic E-state index is -0.0390. The second-order valence-corrected chi connectivity index (χ2v) is 7.44. The van der Waals surface area contributed by atoms with E-state index in [0.717, 1.165) is 22.3 Å². The van der Waals surface area contributed by atoms with Gasteiger partial charge < -0.3 is 9.88 Å². The van der Waals surface area contributed by atoms with Crippen molar-refractivity contribution in [2.75, 3.05) is 6.54 Å². The quantitative estimate of drug-likeness (QED) is 0.542. The van der Waals surface area contributed by atoms with Crippen molar-refractivity contribution in [3.05, 3.63) is 88.7 Å². The Morgan fingerprint density at radius 3 is 2.81 bits per heavy atom. The second kappa shape index (κ2) is 7.76. The third-order valence-corrected chi connectivity index (χ3v) is 5.67. The molecule has 136 valence electrons. The van der Waals surface area contributed by atoms with Crippen LogP contribution in [0.15, 0.2) is 66.2 Å². The highest BCUT2D eigenvalue weighted by Crippen LogP contribution is 2.27. The molecule has 3 heterocycles. The molecule has 0 fully saturated rings. The van der Waals surface area contributed by atoms with Crippen molar-refractivity contribution >= 4 is 27.5 Å². The fraction of sp³-hybridized carbons (Fsp3) is 0.182. The maximum atomic E-state index is 12.9. The van der Waals surface area contributed by atoms with Crippen LogP contribution < -0.4 is 5.32 Å². The number of hydrogen-bond donors (Lipinski definition) is 1. The summed E-state index contributed by atoms with van der Waals surface area (Å²) in [6.45, 7) is 3.37. The molecule has 0 radical (unpaired) electrons. The van der Waals surface area contributed by atoms with Gasteiger partial charge in [-0.2, -0.15) is 0 Å². The standard InChI is InChI=1S/C22H21N3OS/c1-16-6-2-3-7-18(16)15-25-20(14-17-10-13-27-22(17)25)21(26)24-12-9-19-8-4-5-11-23-19/h2-8,10-11,13-14H,9,12,15H2,1H3,(H,24,26). The van der Waals surface area contributed by atoms with E-state index in [9.17, 15) is 4.79 Å². The Labute approximate surface area is 162 Å². The Hall–Kier alpha value is -2.92. The minimum Gasteiger partial charge on any atom is -0.350 e. The Morgan fingerprint density at radius 2 is 2.00 bits per heavy atom. The molecule has 27 heavy (non-hydrogen) atoms. The lowest BCUT2D eigenvalue weighted by atomic mass is 10.1. The zero-order chi connectivity index (χ0) is 18.6. The number of rotatable bonds is 6. The van der Waals surface area contributed by atoms with Crippen molar-refractivity contribution in [2.45, 2.75) is 19.9 Å². The van der Waals surface area contributed by atoms with Gasteiger partial charge in [-0.15, -0.1) is 11.3 Å². The van der Waals surface area contributed by atoms with Gasteiger partial charge in [-0.05, 0) is 47.7 Å². The Morgan fingerprint density at radius 1 is 1.15 bits per heavy atom. The number of nitrogens with one attached hydrogen (secondary N) is 1. The smallest absolute Gasteiger partial charge is 0.267 e. The first kappa shape index (κ1) is 17.5. The summed E-state index contributed by atoms with van der Waals surface area (Å²) in [6, 6.07) is 18.2. The van der Waals surface area contributed by atoms with Gasteiger partial charge in [0.1, 0.15) is 10.5 Å². The van der Waals surface area contributed by atoms with Crippen molar-refractivity contribution in [2.24, 2.45) is 0 Å². The number of benzene rings is 1. The number of pyridine rings is 1. The molecule has 4 nitrogen and oxygen atoms in total. The van der Waals surface area contributed by atoms with E-state index in [0.29, 0.717) is 18.8 Å². The summed E-state index contributed by atoms with van der Waals surface area (Å²) in [5.41, 5.74) is 4.15. The molecule has 1 N–H and O–H groups in total. The molecule has 0 saturated carbocycles. The molecule has 0 spiro atoms. The maximum absolute atomic E-state index is 12.9. The molecule has 0 atom stereocenters. The van der Waals surface area contributed by atoms with E-state index in [1.807, 2.05) is 36.4 Å². The average molecular weight is 375 g/mol. The number of carbonyl (C=O) groups is 1. The summed E-state index contributed by atoms with van der Waals surface area (Å²) in [4.78, 5) is 18.3. The van der Waals surface area contributed by atoms with E-state index in [1.165, 1.54) is 11.1 Å². The fourth-order valence-electron chi connectivity index (χ4n) is 3.22. The predicted molar refractivity (Wildman–Crippen MR) is 110 cm³/mol. The van der Waals surface area contributed by atoms with Gasteiger partial charge in [0.05, 0.1) is 0 Å². The first-order valence-corrected chi connectivity index (χ1v) is 9.89. The van der Waals surface area contributed by atoms with Gasteiger partial charge >= 0.3 is 0 Å². The van der Waals surface area contributed by atoms with E-state index in [1.54, 1.807) is 17.5 Å². The summed E-state index contributed by atoms with van der Waals surface area (Å²) in [5.74, 6) is -0.0390. The lowest BCUT2D eigenvalue weighted by Crippen LogP contribution is -2.28. The van der Waals surface area contributed by atoms with Gasteiger partial charge in [-0.25, -0.2) is 0 Å². The summed E-state index contributed by atoms with van der Waals surface area (Å²) in [6.07, 6.45) is 2.50. The minimum absolute atomic E-state index is 0.0390. The Kier molecular flexibility index (Phi) is 5.03. The number of fused-ring (bicyclic) bond motifs is 1. The van der Waals surface area contributed by atoms with Crippen molar-refractivity contribution < 1.29 is 4.79 Å². The zero-order valence-corrected chi connectivity index (χ0v) is 16.0. The number of hydrogen-bond acceptors (Lipinski definition) is 3. The first-order chi connectivity index (χ1) is 13.2. The largest absolute Gasteiger partial charge is 0.350 e. The monoisotopic (exact) mass is 375 g/mol. The summed E-state index contributed by atoms with van der Waals surface area (Å²) in [7, 11) is 0. The molecule has 3 aromatic heterocycles. The molecule has 0 bridgehead atoms. The zero-order valence-electron chi connectivity index (χ0n) is 15.2. The van der Waals surface area contributed by atoms with Gasteiger partial charge in [0.25, 0.3) is 5.91 Å². The third-order valence-electron chi connectivity index (χ3n) is 4.72. The van der Waals surface area contributed by atoms with E-state index in [2.05, 4.69) is 45.4 Å². The van der Waals surface area contributed by atoms with Crippen LogP contribution in [0.4, 0.5) is 0 Å². The summed E-state index contributed by atoms with van der Waals surface area (Å²) >= 11 is 1.67. The highest BCUT2D eigenvalue weighted by molar-refractivity contribution is 7.16. The van der Waals surface area contributed by atoms with E-state index in [-0.39, 0.29) is 5.91 Å². The molecular weight excluding hydrogens is 354 g/mol. The second-order valence-electron chi connectivity index (χ2n) is 6.55. The maximum Gasteiger partial charge on any atom is 0.267 e. The number of aryl methyl sites for hydroxylation is 1. The van der Waals surface area contributed by atoms with Gasteiger partial charge in [0.15, 0.2) is 0 Å². The molecule has 1 aromatic carbocycles. The van der Waals surface area contributed by atoms with Crippen molar-refractivity contribution in [1.29, 1.82) is 0 Å². The average Bonchev–Trinajstić information content (AvgIpc) is 3.27. The summed E-state index contributed by atoms with van der Waals surface area (Å²) < 4.78 is 2.12. The van der Waals surface area contributed by atoms with Crippen LogP contribution in [0, 0.1) is 6.92 Å². The molecule has 0 aliphatic heterocycles. The highest BCUT2D eigenvalue weighted by Gasteiger charge is 2.17. The Bertz CT molecular complexity index is 1070.